The maximum absolute atomic E-state index is 12.4. The summed E-state index contributed by atoms with van der Waals surface area (Å²) in [6, 6.07) is 0.115. The third kappa shape index (κ3) is 7.13. The summed E-state index contributed by atoms with van der Waals surface area (Å²) in [6.45, 7) is 14.3. The lowest BCUT2D eigenvalue weighted by atomic mass is 9.99. The fourth-order valence-electron chi connectivity index (χ4n) is 3.57. The summed E-state index contributed by atoms with van der Waals surface area (Å²) in [5, 5.41) is 9.58. The van der Waals surface area contributed by atoms with Gasteiger partial charge in [0.1, 0.15) is 5.54 Å². The minimum Gasteiger partial charge on any atom is -0.357 e. The lowest BCUT2D eigenvalue weighted by Gasteiger charge is -2.32. The highest BCUT2D eigenvalue weighted by atomic mass is 127. The molecule has 2 aliphatic heterocycles. The molecule has 2 saturated heterocycles. The largest absolute Gasteiger partial charge is 0.357 e. The Hall–Kier alpha value is -1.36. The number of likely N-dealkylation sites (tertiary alicyclic amines) is 1. The molecule has 2 heterocycles. The molecule has 0 bridgehead atoms. The smallest absolute Gasteiger partial charge is 0.325 e. The molecule has 2 fully saturated rings. The number of imide groups is 1. The fourth-order valence-corrected chi connectivity index (χ4v) is 3.57. The van der Waals surface area contributed by atoms with E-state index in [2.05, 4.69) is 32.4 Å². The number of guanidine groups is 1. The van der Waals surface area contributed by atoms with Gasteiger partial charge in [0, 0.05) is 45.3 Å². The molecule has 3 amide bonds. The summed E-state index contributed by atoms with van der Waals surface area (Å²) in [7, 11) is 0. The topological polar surface area (TPSA) is 89.1 Å². The predicted octanol–water partition coefficient (Wildman–Crippen LogP) is 1.92. The van der Waals surface area contributed by atoms with Crippen LogP contribution < -0.4 is 16.0 Å². The molecule has 0 aromatic carbocycles. The van der Waals surface area contributed by atoms with Crippen LogP contribution in [0.25, 0.3) is 0 Å². The first-order chi connectivity index (χ1) is 13.4. The average Bonchev–Trinajstić information content (AvgIpc) is 2.90. The minimum absolute atomic E-state index is 0. The lowest BCUT2D eigenvalue weighted by Crippen LogP contribution is -2.48. The number of halogens is 1. The van der Waals surface area contributed by atoms with E-state index >= 15 is 0 Å². The molecule has 9 heteroatoms. The van der Waals surface area contributed by atoms with Gasteiger partial charge in [-0.15, -0.1) is 30.6 Å². The Bertz CT molecular complexity index is 592. The molecule has 0 aromatic heterocycles. The Labute approximate surface area is 192 Å². The van der Waals surface area contributed by atoms with Crippen molar-refractivity contribution in [1.82, 2.24) is 25.8 Å². The second kappa shape index (κ2) is 12.4. The standard InChI is InChI=1S/C20H36N6O2.HI/c1-5-12-25-14-9-16(10-15-25)23-18(21-7-3)22-11-8-13-26-17(27)20(4,6-2)24-19(26)28;/h5,16H,1,6-15H2,2-4H3,(H,24,28)(H2,21,22,23);1H. The Morgan fingerprint density at radius 1 is 1.34 bits per heavy atom. The summed E-state index contributed by atoms with van der Waals surface area (Å²) in [5.74, 6) is 0.667. The molecular formula is C20H37IN6O2. The van der Waals surface area contributed by atoms with Gasteiger partial charge in [0.25, 0.3) is 5.91 Å². The van der Waals surface area contributed by atoms with Crippen LogP contribution in [-0.4, -0.2) is 78.5 Å². The van der Waals surface area contributed by atoms with Crippen molar-refractivity contribution in [3.05, 3.63) is 12.7 Å². The van der Waals surface area contributed by atoms with Gasteiger partial charge in [-0.25, -0.2) is 4.79 Å². The minimum atomic E-state index is -0.767. The zero-order chi connectivity index (χ0) is 20.6. The number of carbonyl (C=O) groups excluding carboxylic acids is 2. The summed E-state index contributed by atoms with van der Waals surface area (Å²) >= 11 is 0. The van der Waals surface area contributed by atoms with E-state index in [1.165, 1.54) is 4.90 Å². The zero-order valence-electron chi connectivity index (χ0n) is 18.0. The second-order valence-corrected chi connectivity index (χ2v) is 7.69. The van der Waals surface area contributed by atoms with Gasteiger partial charge in [-0.2, -0.15) is 0 Å². The van der Waals surface area contributed by atoms with E-state index in [0.29, 0.717) is 32.0 Å². The van der Waals surface area contributed by atoms with Crippen LogP contribution in [0.15, 0.2) is 17.6 Å². The van der Waals surface area contributed by atoms with Crippen LogP contribution in [0.1, 0.15) is 46.5 Å². The van der Waals surface area contributed by atoms with Gasteiger partial charge in [0.05, 0.1) is 0 Å². The van der Waals surface area contributed by atoms with Crippen molar-refractivity contribution in [3.63, 3.8) is 0 Å². The monoisotopic (exact) mass is 520 g/mol. The molecule has 1 unspecified atom stereocenters. The van der Waals surface area contributed by atoms with Crippen LogP contribution in [-0.2, 0) is 4.79 Å². The van der Waals surface area contributed by atoms with Crippen molar-refractivity contribution in [3.8, 4) is 0 Å². The van der Waals surface area contributed by atoms with E-state index in [-0.39, 0.29) is 35.9 Å². The van der Waals surface area contributed by atoms with Crippen LogP contribution in [0, 0.1) is 0 Å². The number of amides is 3. The first-order valence-electron chi connectivity index (χ1n) is 10.5. The van der Waals surface area contributed by atoms with Gasteiger partial charge in [-0.1, -0.05) is 13.0 Å². The highest BCUT2D eigenvalue weighted by molar-refractivity contribution is 14.0. The Kier molecular flexibility index (Phi) is 10.9. The van der Waals surface area contributed by atoms with Crippen LogP contribution in [0.3, 0.4) is 0 Å². The van der Waals surface area contributed by atoms with Gasteiger partial charge in [-0.05, 0) is 39.5 Å². The highest BCUT2D eigenvalue weighted by Gasteiger charge is 2.45. The van der Waals surface area contributed by atoms with Crippen molar-refractivity contribution in [2.45, 2.75) is 58.0 Å². The van der Waals surface area contributed by atoms with Gasteiger partial charge in [0.2, 0.25) is 0 Å². The molecule has 2 aliphatic rings. The molecule has 0 saturated carbocycles. The Balaban J connectivity index is 0.00000420. The molecule has 29 heavy (non-hydrogen) atoms. The number of piperidine rings is 1. The number of hydrogen-bond donors (Lipinski definition) is 3. The first-order valence-corrected chi connectivity index (χ1v) is 10.5. The Morgan fingerprint density at radius 3 is 2.59 bits per heavy atom. The van der Waals surface area contributed by atoms with E-state index in [1.807, 2.05) is 19.9 Å². The summed E-state index contributed by atoms with van der Waals surface area (Å²) < 4.78 is 0. The Morgan fingerprint density at radius 2 is 2.03 bits per heavy atom. The highest BCUT2D eigenvalue weighted by Crippen LogP contribution is 2.20. The molecule has 0 spiro atoms. The quantitative estimate of drug-likeness (QED) is 0.108. The van der Waals surface area contributed by atoms with E-state index in [4.69, 9.17) is 0 Å². The molecule has 166 valence electrons. The molecular weight excluding hydrogens is 483 g/mol. The molecule has 3 N–H and O–H groups in total. The maximum Gasteiger partial charge on any atom is 0.325 e. The van der Waals surface area contributed by atoms with Crippen molar-refractivity contribution in [2.75, 3.05) is 39.3 Å². The number of nitrogens with zero attached hydrogens (tertiary/aromatic N) is 3. The van der Waals surface area contributed by atoms with Gasteiger partial charge < -0.3 is 16.0 Å². The number of carbonyl (C=O) groups is 2. The summed E-state index contributed by atoms with van der Waals surface area (Å²) in [5.41, 5.74) is -0.767. The van der Waals surface area contributed by atoms with Crippen LogP contribution >= 0.6 is 24.0 Å². The number of aliphatic imine (C=N–C) groups is 1. The van der Waals surface area contributed by atoms with Crippen LogP contribution in [0.4, 0.5) is 4.79 Å². The third-order valence-electron chi connectivity index (χ3n) is 5.52. The maximum atomic E-state index is 12.4. The lowest BCUT2D eigenvalue weighted by molar-refractivity contribution is -0.130. The number of rotatable bonds is 9. The van der Waals surface area contributed by atoms with Gasteiger partial charge in [-0.3, -0.25) is 19.6 Å². The molecule has 8 nitrogen and oxygen atoms in total. The predicted molar refractivity (Wildman–Crippen MR) is 128 cm³/mol. The SMILES string of the molecule is C=CCN1CCC(NC(=NCCCN2C(=O)NC(C)(CC)C2=O)NCC)CC1.I. The molecule has 1 atom stereocenters. The summed E-state index contributed by atoms with van der Waals surface area (Å²) in [6.07, 6.45) is 5.35. The van der Waals surface area contributed by atoms with Crippen LogP contribution in [0.2, 0.25) is 0 Å². The van der Waals surface area contributed by atoms with E-state index in [0.717, 1.165) is 45.0 Å². The van der Waals surface area contributed by atoms with Crippen molar-refractivity contribution in [1.29, 1.82) is 0 Å². The third-order valence-corrected chi connectivity index (χ3v) is 5.52. The van der Waals surface area contributed by atoms with E-state index < -0.39 is 5.54 Å². The molecule has 0 aliphatic carbocycles. The zero-order valence-corrected chi connectivity index (χ0v) is 20.3. The van der Waals surface area contributed by atoms with Crippen molar-refractivity contribution >= 4 is 41.9 Å². The fraction of sp³-hybridized carbons (Fsp3) is 0.750. The molecule has 0 radical (unpaired) electrons. The molecule has 2 rings (SSSR count). The summed E-state index contributed by atoms with van der Waals surface area (Å²) in [4.78, 5) is 32.8. The van der Waals surface area contributed by atoms with Gasteiger partial charge in [0.15, 0.2) is 5.96 Å². The first kappa shape index (κ1) is 25.7. The normalized spacial score (nSPS) is 23.6. The van der Waals surface area contributed by atoms with Crippen LogP contribution in [0.5, 0.6) is 0 Å². The van der Waals surface area contributed by atoms with Gasteiger partial charge >= 0.3 is 6.03 Å². The number of urea groups is 1. The number of hydrogen-bond acceptors (Lipinski definition) is 4. The van der Waals surface area contributed by atoms with Crippen molar-refractivity contribution in [2.24, 2.45) is 4.99 Å². The van der Waals surface area contributed by atoms with E-state index in [1.54, 1.807) is 6.92 Å². The van der Waals surface area contributed by atoms with Crippen molar-refractivity contribution < 1.29 is 9.59 Å². The average molecular weight is 520 g/mol. The number of nitrogens with one attached hydrogen (secondary N) is 3. The molecule has 0 aromatic rings. The van der Waals surface area contributed by atoms with E-state index in [9.17, 15) is 9.59 Å². The second-order valence-electron chi connectivity index (χ2n) is 7.69.